The molecule has 5 rings (SSSR count). The van der Waals surface area contributed by atoms with Crippen LogP contribution in [-0.2, 0) is 4.79 Å². The molecule has 0 aliphatic heterocycles. The van der Waals surface area contributed by atoms with Crippen molar-refractivity contribution in [3.8, 4) is 28.5 Å². The van der Waals surface area contributed by atoms with Gasteiger partial charge in [-0.1, -0.05) is 0 Å². The van der Waals surface area contributed by atoms with Gasteiger partial charge in [0.2, 0.25) is 5.88 Å². The zero-order valence-corrected chi connectivity index (χ0v) is 17.7. The summed E-state index contributed by atoms with van der Waals surface area (Å²) in [5.74, 6) is 0.321. The SMILES string of the molecule is Cc1cnc2nc(-c3ccc(-c4ccc(OC5CCC(C(=O)O)CC5)nc4)nc3)[nH]c2c1. The van der Waals surface area contributed by atoms with Crippen LogP contribution >= 0.6 is 0 Å². The summed E-state index contributed by atoms with van der Waals surface area (Å²) < 4.78 is 5.95. The predicted octanol–water partition coefficient (Wildman–Crippen LogP) is 4.41. The number of imidazole rings is 1. The van der Waals surface area contributed by atoms with Crippen LogP contribution in [0.25, 0.3) is 33.8 Å². The van der Waals surface area contributed by atoms with Crippen molar-refractivity contribution in [2.45, 2.75) is 38.7 Å². The predicted molar refractivity (Wildman–Crippen MR) is 119 cm³/mol. The molecule has 0 saturated heterocycles. The number of pyridine rings is 3. The van der Waals surface area contributed by atoms with Gasteiger partial charge in [0, 0.05) is 35.8 Å². The first-order valence-corrected chi connectivity index (χ1v) is 10.7. The second kappa shape index (κ2) is 8.37. The summed E-state index contributed by atoms with van der Waals surface area (Å²) in [4.78, 5) is 32.2. The van der Waals surface area contributed by atoms with Gasteiger partial charge in [-0.2, -0.15) is 0 Å². The second-order valence-corrected chi connectivity index (χ2v) is 8.22. The lowest BCUT2D eigenvalue weighted by Crippen LogP contribution is -2.28. The van der Waals surface area contributed by atoms with Crippen LogP contribution in [0, 0.1) is 12.8 Å². The van der Waals surface area contributed by atoms with Crippen LogP contribution in [0.15, 0.2) is 48.9 Å². The fourth-order valence-electron chi connectivity index (χ4n) is 4.05. The highest BCUT2D eigenvalue weighted by molar-refractivity contribution is 5.76. The molecule has 4 heterocycles. The Morgan fingerprint density at radius 3 is 2.47 bits per heavy atom. The summed E-state index contributed by atoms with van der Waals surface area (Å²) in [5.41, 5.74) is 5.25. The number of H-pyrrole nitrogens is 1. The van der Waals surface area contributed by atoms with Crippen molar-refractivity contribution < 1.29 is 14.6 Å². The number of carbonyl (C=O) groups is 1. The maximum absolute atomic E-state index is 11.1. The van der Waals surface area contributed by atoms with Gasteiger partial charge in [0.25, 0.3) is 0 Å². The summed E-state index contributed by atoms with van der Waals surface area (Å²) in [7, 11) is 0. The van der Waals surface area contributed by atoms with E-state index >= 15 is 0 Å². The average Bonchev–Trinajstić information content (AvgIpc) is 3.23. The van der Waals surface area contributed by atoms with E-state index in [0.717, 1.165) is 46.6 Å². The molecular weight excluding hydrogens is 406 g/mol. The maximum atomic E-state index is 11.1. The average molecular weight is 429 g/mol. The Labute approximate surface area is 184 Å². The summed E-state index contributed by atoms with van der Waals surface area (Å²) in [6, 6.07) is 9.69. The number of carboxylic acids is 1. The molecule has 0 amide bonds. The van der Waals surface area contributed by atoms with Gasteiger partial charge in [0.1, 0.15) is 11.9 Å². The molecule has 162 valence electrons. The molecule has 0 radical (unpaired) electrons. The number of aromatic nitrogens is 5. The van der Waals surface area contributed by atoms with E-state index in [-0.39, 0.29) is 12.0 Å². The van der Waals surface area contributed by atoms with Crippen LogP contribution in [0.2, 0.25) is 0 Å². The lowest BCUT2D eigenvalue weighted by atomic mass is 9.87. The highest BCUT2D eigenvalue weighted by Crippen LogP contribution is 2.28. The zero-order chi connectivity index (χ0) is 22.1. The van der Waals surface area contributed by atoms with Crippen LogP contribution in [0.1, 0.15) is 31.2 Å². The van der Waals surface area contributed by atoms with E-state index in [1.807, 2.05) is 37.3 Å². The minimum atomic E-state index is -0.712. The first kappa shape index (κ1) is 20.1. The van der Waals surface area contributed by atoms with Crippen LogP contribution < -0.4 is 4.74 Å². The van der Waals surface area contributed by atoms with Gasteiger partial charge in [0.05, 0.1) is 17.1 Å². The van der Waals surface area contributed by atoms with Crippen LogP contribution in [0.5, 0.6) is 5.88 Å². The van der Waals surface area contributed by atoms with Gasteiger partial charge in [-0.15, -0.1) is 0 Å². The Kier molecular flexibility index (Phi) is 5.26. The first-order chi connectivity index (χ1) is 15.5. The van der Waals surface area contributed by atoms with Gasteiger partial charge >= 0.3 is 5.97 Å². The summed E-state index contributed by atoms with van der Waals surface area (Å²) in [6.07, 6.45) is 8.11. The maximum Gasteiger partial charge on any atom is 0.306 e. The molecule has 1 aliphatic carbocycles. The van der Waals surface area contributed by atoms with Gasteiger partial charge in [0.15, 0.2) is 5.65 Å². The molecule has 0 spiro atoms. The van der Waals surface area contributed by atoms with E-state index in [1.165, 1.54) is 0 Å². The van der Waals surface area contributed by atoms with Crippen molar-refractivity contribution in [3.63, 3.8) is 0 Å². The normalized spacial score (nSPS) is 18.5. The fourth-order valence-corrected chi connectivity index (χ4v) is 4.05. The Hall–Kier alpha value is -3.81. The van der Waals surface area contributed by atoms with Crippen molar-refractivity contribution in [2.24, 2.45) is 5.92 Å². The lowest BCUT2D eigenvalue weighted by Gasteiger charge is -2.26. The van der Waals surface area contributed by atoms with Crippen LogP contribution in [0.3, 0.4) is 0 Å². The molecule has 0 bridgehead atoms. The van der Waals surface area contributed by atoms with Crippen LogP contribution in [0.4, 0.5) is 0 Å². The monoisotopic (exact) mass is 429 g/mol. The van der Waals surface area contributed by atoms with Gasteiger partial charge < -0.3 is 14.8 Å². The highest BCUT2D eigenvalue weighted by atomic mass is 16.5. The molecule has 0 unspecified atom stereocenters. The van der Waals surface area contributed by atoms with Crippen molar-refractivity contribution in [1.82, 2.24) is 24.9 Å². The third kappa shape index (κ3) is 4.16. The molecule has 1 fully saturated rings. The van der Waals surface area contributed by atoms with E-state index in [2.05, 4.69) is 24.9 Å². The molecule has 0 atom stereocenters. The molecule has 8 nitrogen and oxygen atoms in total. The number of aliphatic carboxylic acids is 1. The number of rotatable bonds is 5. The number of hydrogen-bond acceptors (Lipinski definition) is 6. The van der Waals surface area contributed by atoms with Gasteiger partial charge in [-0.25, -0.2) is 15.0 Å². The quantitative estimate of drug-likeness (QED) is 0.483. The van der Waals surface area contributed by atoms with Gasteiger partial charge in [-0.3, -0.25) is 9.78 Å². The Morgan fingerprint density at radius 1 is 1.00 bits per heavy atom. The Morgan fingerprint density at radius 2 is 1.78 bits per heavy atom. The highest BCUT2D eigenvalue weighted by Gasteiger charge is 2.27. The van der Waals surface area contributed by atoms with E-state index in [4.69, 9.17) is 9.84 Å². The summed E-state index contributed by atoms with van der Waals surface area (Å²) in [5, 5.41) is 9.11. The molecular formula is C24H23N5O3. The minimum Gasteiger partial charge on any atom is -0.481 e. The Bertz CT molecular complexity index is 1240. The smallest absolute Gasteiger partial charge is 0.306 e. The van der Waals surface area contributed by atoms with Crippen molar-refractivity contribution in [3.05, 3.63) is 54.5 Å². The molecule has 32 heavy (non-hydrogen) atoms. The largest absolute Gasteiger partial charge is 0.481 e. The number of aromatic amines is 1. The molecule has 2 N–H and O–H groups in total. The van der Waals surface area contributed by atoms with Crippen molar-refractivity contribution in [1.29, 1.82) is 0 Å². The molecule has 4 aromatic rings. The number of hydrogen-bond donors (Lipinski definition) is 2. The number of carboxylic acid groups (broad SMARTS) is 1. The molecule has 1 aliphatic rings. The van der Waals surface area contributed by atoms with Crippen molar-refractivity contribution in [2.75, 3.05) is 0 Å². The molecule has 8 heteroatoms. The minimum absolute atomic E-state index is 0.0171. The molecule has 4 aromatic heterocycles. The number of aryl methyl sites for hydroxylation is 1. The molecule has 0 aromatic carbocycles. The number of nitrogens with one attached hydrogen (secondary N) is 1. The number of ether oxygens (including phenoxy) is 1. The van der Waals surface area contributed by atoms with E-state index in [0.29, 0.717) is 24.4 Å². The van der Waals surface area contributed by atoms with Gasteiger partial charge in [-0.05, 0) is 62.4 Å². The number of fused-ring (bicyclic) bond motifs is 1. The summed E-state index contributed by atoms with van der Waals surface area (Å²) >= 11 is 0. The van der Waals surface area contributed by atoms with Crippen LogP contribution in [-0.4, -0.2) is 42.1 Å². The summed E-state index contributed by atoms with van der Waals surface area (Å²) in [6.45, 7) is 2.00. The fraction of sp³-hybridized carbons (Fsp3) is 0.292. The third-order valence-electron chi connectivity index (χ3n) is 5.85. The third-order valence-corrected chi connectivity index (χ3v) is 5.85. The zero-order valence-electron chi connectivity index (χ0n) is 17.7. The Balaban J connectivity index is 1.25. The number of nitrogens with zero attached hydrogens (tertiary/aromatic N) is 4. The van der Waals surface area contributed by atoms with E-state index in [1.54, 1.807) is 18.6 Å². The van der Waals surface area contributed by atoms with E-state index in [9.17, 15) is 4.79 Å². The standard InChI is InChI=1S/C24H23N5O3/c1-14-10-20-23(27-11-14)29-22(28-20)17-4-8-19(25-13-17)16-5-9-21(26-12-16)32-18-6-2-15(3-7-18)24(30)31/h4-5,8-13,15,18H,2-3,6-7H2,1H3,(H,30,31)(H,27,28,29). The van der Waals surface area contributed by atoms with E-state index < -0.39 is 5.97 Å². The lowest BCUT2D eigenvalue weighted by molar-refractivity contribution is -0.143. The second-order valence-electron chi connectivity index (χ2n) is 8.22. The van der Waals surface area contributed by atoms with Crippen molar-refractivity contribution >= 4 is 17.1 Å². The first-order valence-electron chi connectivity index (χ1n) is 10.7. The topological polar surface area (TPSA) is 114 Å². The molecule has 1 saturated carbocycles.